The average Bonchev–Trinajstić information content (AvgIpc) is 2.72. The van der Waals surface area contributed by atoms with Gasteiger partial charge in [0.15, 0.2) is 0 Å². The first-order valence-corrected chi connectivity index (χ1v) is 9.55. The minimum Gasteiger partial charge on any atom is -0.497 e. The lowest BCUT2D eigenvalue weighted by atomic mass is 10.0. The molecular formula is C21H23BrO5. The van der Waals surface area contributed by atoms with Gasteiger partial charge in [-0.25, -0.2) is 4.79 Å². The Bertz CT molecular complexity index is 761. The summed E-state index contributed by atoms with van der Waals surface area (Å²) in [6.45, 7) is 0.633. The van der Waals surface area contributed by atoms with Gasteiger partial charge in [0.25, 0.3) is 0 Å². The van der Waals surface area contributed by atoms with Gasteiger partial charge in [-0.15, -0.1) is 0 Å². The van der Waals surface area contributed by atoms with E-state index in [-0.39, 0.29) is 0 Å². The van der Waals surface area contributed by atoms with Gasteiger partial charge in [0, 0.05) is 11.4 Å². The number of benzene rings is 2. The van der Waals surface area contributed by atoms with Crippen LogP contribution in [0.3, 0.4) is 0 Å². The Morgan fingerprint density at radius 3 is 2.11 bits per heavy atom. The third-order valence-electron chi connectivity index (χ3n) is 3.80. The smallest absolute Gasteiger partial charge is 0.338 e. The van der Waals surface area contributed by atoms with Crippen molar-refractivity contribution in [1.82, 2.24) is 0 Å². The minimum absolute atomic E-state index is 0.426. The van der Waals surface area contributed by atoms with E-state index in [4.69, 9.17) is 18.9 Å². The molecule has 0 aliphatic heterocycles. The molecule has 0 amide bonds. The number of halogens is 1. The highest BCUT2D eigenvalue weighted by Crippen LogP contribution is 2.27. The van der Waals surface area contributed by atoms with Gasteiger partial charge in [-0.2, -0.15) is 0 Å². The molecule has 0 aliphatic carbocycles. The SMILES string of the molecule is COC(=O)/C(=C/c1cc(OC)cc(OC)c1)c1ccc(OCCCBr)cc1. The number of esters is 1. The normalized spacial score (nSPS) is 11.0. The summed E-state index contributed by atoms with van der Waals surface area (Å²) in [6.07, 6.45) is 2.67. The second-order valence-corrected chi connectivity index (χ2v) is 6.40. The Morgan fingerprint density at radius 2 is 1.59 bits per heavy atom. The fourth-order valence-electron chi connectivity index (χ4n) is 2.42. The minimum atomic E-state index is -0.426. The van der Waals surface area contributed by atoms with Crippen molar-refractivity contribution in [3.8, 4) is 17.2 Å². The Kier molecular flexibility index (Phi) is 8.20. The highest BCUT2D eigenvalue weighted by atomic mass is 79.9. The molecular weight excluding hydrogens is 412 g/mol. The van der Waals surface area contributed by atoms with Crippen molar-refractivity contribution in [2.45, 2.75) is 6.42 Å². The van der Waals surface area contributed by atoms with Crippen molar-refractivity contribution in [1.29, 1.82) is 0 Å². The molecule has 2 rings (SSSR count). The number of hydrogen-bond acceptors (Lipinski definition) is 5. The average molecular weight is 435 g/mol. The fourth-order valence-corrected chi connectivity index (χ4v) is 2.65. The molecule has 6 heteroatoms. The lowest BCUT2D eigenvalue weighted by molar-refractivity contribution is -0.133. The van der Waals surface area contributed by atoms with Crippen LogP contribution >= 0.6 is 15.9 Å². The van der Waals surface area contributed by atoms with E-state index < -0.39 is 5.97 Å². The Morgan fingerprint density at radius 1 is 0.963 bits per heavy atom. The third kappa shape index (κ3) is 6.03. The molecule has 0 bridgehead atoms. The van der Waals surface area contributed by atoms with E-state index in [2.05, 4.69) is 15.9 Å². The lowest BCUT2D eigenvalue weighted by Gasteiger charge is -2.10. The topological polar surface area (TPSA) is 54.0 Å². The van der Waals surface area contributed by atoms with Crippen LogP contribution in [0.2, 0.25) is 0 Å². The first kappa shape index (κ1) is 20.8. The molecule has 0 heterocycles. The second kappa shape index (κ2) is 10.6. The van der Waals surface area contributed by atoms with Crippen LogP contribution in [0.4, 0.5) is 0 Å². The molecule has 0 spiro atoms. The van der Waals surface area contributed by atoms with E-state index in [0.717, 1.165) is 28.6 Å². The monoisotopic (exact) mass is 434 g/mol. The summed E-state index contributed by atoms with van der Waals surface area (Å²) < 4.78 is 21.2. The van der Waals surface area contributed by atoms with Crippen LogP contribution in [0.25, 0.3) is 11.6 Å². The van der Waals surface area contributed by atoms with Gasteiger partial charge in [-0.05, 0) is 47.9 Å². The van der Waals surface area contributed by atoms with Crippen molar-refractivity contribution >= 4 is 33.5 Å². The maximum atomic E-state index is 12.3. The lowest BCUT2D eigenvalue weighted by Crippen LogP contribution is -2.04. The molecule has 0 saturated heterocycles. The molecule has 0 radical (unpaired) electrons. The van der Waals surface area contributed by atoms with Crippen LogP contribution in [0, 0.1) is 0 Å². The number of hydrogen-bond donors (Lipinski definition) is 0. The predicted molar refractivity (Wildman–Crippen MR) is 110 cm³/mol. The van der Waals surface area contributed by atoms with Crippen LogP contribution in [0.5, 0.6) is 17.2 Å². The van der Waals surface area contributed by atoms with Crippen LogP contribution in [-0.4, -0.2) is 39.2 Å². The quantitative estimate of drug-likeness (QED) is 0.190. The van der Waals surface area contributed by atoms with E-state index in [1.54, 1.807) is 26.4 Å². The Labute approximate surface area is 168 Å². The molecule has 0 N–H and O–H groups in total. The predicted octanol–water partition coefficient (Wildman–Crippen LogP) is 4.58. The molecule has 0 aromatic heterocycles. The molecule has 0 unspecified atom stereocenters. The summed E-state index contributed by atoms with van der Waals surface area (Å²) in [5.41, 5.74) is 1.93. The molecule has 0 aliphatic rings. The van der Waals surface area contributed by atoms with E-state index in [0.29, 0.717) is 23.7 Å². The highest BCUT2D eigenvalue weighted by Gasteiger charge is 2.13. The van der Waals surface area contributed by atoms with Gasteiger partial charge >= 0.3 is 5.97 Å². The molecule has 144 valence electrons. The molecule has 2 aromatic rings. The molecule has 5 nitrogen and oxygen atoms in total. The standard InChI is InChI=1S/C21H23BrO5/c1-24-18-11-15(12-19(14-18)25-2)13-20(21(23)26-3)16-5-7-17(8-6-16)27-10-4-9-22/h5-8,11-14H,4,9-10H2,1-3H3/b20-13+. The molecule has 0 fully saturated rings. The summed E-state index contributed by atoms with van der Waals surface area (Å²) in [6, 6.07) is 12.8. The summed E-state index contributed by atoms with van der Waals surface area (Å²) in [4.78, 5) is 12.3. The molecule has 0 atom stereocenters. The number of rotatable bonds is 9. The van der Waals surface area contributed by atoms with Crippen molar-refractivity contribution < 1.29 is 23.7 Å². The zero-order valence-corrected chi connectivity index (χ0v) is 17.2. The Balaban J connectivity index is 2.35. The van der Waals surface area contributed by atoms with Crippen LogP contribution in [0.1, 0.15) is 17.5 Å². The number of methoxy groups -OCH3 is 3. The van der Waals surface area contributed by atoms with Gasteiger partial charge in [0.1, 0.15) is 17.2 Å². The number of alkyl halides is 1. The van der Waals surface area contributed by atoms with Crippen molar-refractivity contribution in [2.24, 2.45) is 0 Å². The third-order valence-corrected chi connectivity index (χ3v) is 4.36. The summed E-state index contributed by atoms with van der Waals surface area (Å²) in [5.74, 6) is 1.61. The summed E-state index contributed by atoms with van der Waals surface area (Å²) in [5, 5.41) is 0.893. The fraction of sp³-hybridized carbons (Fsp3) is 0.286. The Hall–Kier alpha value is -2.47. The van der Waals surface area contributed by atoms with Crippen molar-refractivity contribution in [3.05, 3.63) is 53.6 Å². The molecule has 2 aromatic carbocycles. The van der Waals surface area contributed by atoms with Crippen LogP contribution in [0.15, 0.2) is 42.5 Å². The number of carbonyl (C=O) groups excluding carboxylic acids is 1. The van der Waals surface area contributed by atoms with E-state index in [1.165, 1.54) is 7.11 Å². The maximum absolute atomic E-state index is 12.3. The molecule has 0 saturated carbocycles. The second-order valence-electron chi connectivity index (χ2n) is 5.61. The number of carbonyl (C=O) groups is 1. The highest BCUT2D eigenvalue weighted by molar-refractivity contribution is 9.09. The number of ether oxygens (including phenoxy) is 4. The van der Waals surface area contributed by atoms with Crippen molar-refractivity contribution in [2.75, 3.05) is 33.3 Å². The first-order chi connectivity index (χ1) is 13.1. The van der Waals surface area contributed by atoms with Gasteiger partial charge in [-0.3, -0.25) is 0 Å². The summed E-state index contributed by atoms with van der Waals surface area (Å²) >= 11 is 3.37. The van der Waals surface area contributed by atoms with Crippen LogP contribution < -0.4 is 14.2 Å². The van der Waals surface area contributed by atoms with E-state index in [9.17, 15) is 4.79 Å². The van der Waals surface area contributed by atoms with E-state index >= 15 is 0 Å². The molecule has 27 heavy (non-hydrogen) atoms. The van der Waals surface area contributed by atoms with Gasteiger partial charge in [-0.1, -0.05) is 28.1 Å². The van der Waals surface area contributed by atoms with Gasteiger partial charge in [0.05, 0.1) is 33.5 Å². The summed E-state index contributed by atoms with van der Waals surface area (Å²) in [7, 11) is 4.52. The zero-order chi connectivity index (χ0) is 19.6. The van der Waals surface area contributed by atoms with Gasteiger partial charge in [0.2, 0.25) is 0 Å². The van der Waals surface area contributed by atoms with E-state index in [1.807, 2.05) is 36.4 Å². The maximum Gasteiger partial charge on any atom is 0.338 e. The van der Waals surface area contributed by atoms with Crippen molar-refractivity contribution in [3.63, 3.8) is 0 Å². The largest absolute Gasteiger partial charge is 0.497 e. The van der Waals surface area contributed by atoms with Crippen LogP contribution in [-0.2, 0) is 9.53 Å². The zero-order valence-electron chi connectivity index (χ0n) is 15.7. The van der Waals surface area contributed by atoms with Gasteiger partial charge < -0.3 is 18.9 Å². The first-order valence-electron chi connectivity index (χ1n) is 8.43.